The van der Waals surface area contributed by atoms with Gasteiger partial charge in [-0.25, -0.2) is 0 Å². The first-order valence-corrected chi connectivity index (χ1v) is 9.98. The first-order valence-electron chi connectivity index (χ1n) is 8.20. The third-order valence-electron chi connectivity index (χ3n) is 3.91. The SMILES string of the molecule is COc1ccc(-c2nnc(SCC(=O)Nc3ccc(C)cc3Br)n2C)cc1. The Morgan fingerprint density at radius 2 is 1.96 bits per heavy atom. The number of carbonyl (C=O) groups excluding carboxylic acids is 1. The Kier molecular flexibility index (Phi) is 6.18. The Morgan fingerprint density at radius 3 is 2.63 bits per heavy atom. The van der Waals surface area contributed by atoms with E-state index in [1.54, 1.807) is 7.11 Å². The zero-order valence-corrected chi connectivity index (χ0v) is 17.6. The molecule has 0 unspecified atom stereocenters. The standard InChI is InChI=1S/C19H19BrN4O2S/c1-12-4-9-16(15(20)10-12)21-17(25)11-27-19-23-22-18(24(19)2)13-5-7-14(26-3)8-6-13/h4-10H,11H2,1-3H3,(H,21,25). The fraction of sp³-hybridized carbons (Fsp3) is 0.211. The third kappa shape index (κ3) is 4.70. The highest BCUT2D eigenvalue weighted by Crippen LogP contribution is 2.26. The average Bonchev–Trinajstić information content (AvgIpc) is 3.03. The second-order valence-corrected chi connectivity index (χ2v) is 7.71. The quantitative estimate of drug-likeness (QED) is 0.571. The lowest BCUT2D eigenvalue weighted by atomic mass is 10.2. The summed E-state index contributed by atoms with van der Waals surface area (Å²) >= 11 is 4.81. The van der Waals surface area contributed by atoms with Crippen LogP contribution in [-0.4, -0.2) is 33.5 Å². The number of ether oxygens (including phenoxy) is 1. The van der Waals surface area contributed by atoms with Gasteiger partial charge in [-0.2, -0.15) is 0 Å². The third-order valence-corrected chi connectivity index (χ3v) is 5.59. The van der Waals surface area contributed by atoms with Crippen LogP contribution in [0, 0.1) is 6.92 Å². The van der Waals surface area contributed by atoms with Crippen molar-refractivity contribution >= 4 is 39.3 Å². The summed E-state index contributed by atoms with van der Waals surface area (Å²) in [7, 11) is 3.52. The van der Waals surface area contributed by atoms with Gasteiger partial charge in [0.05, 0.1) is 18.6 Å². The van der Waals surface area contributed by atoms with Gasteiger partial charge in [0, 0.05) is 17.1 Å². The molecule has 0 saturated heterocycles. The zero-order valence-electron chi connectivity index (χ0n) is 15.2. The maximum absolute atomic E-state index is 12.3. The molecule has 0 aliphatic heterocycles. The molecule has 0 spiro atoms. The van der Waals surface area contributed by atoms with Crippen molar-refractivity contribution in [1.82, 2.24) is 14.8 Å². The van der Waals surface area contributed by atoms with Gasteiger partial charge < -0.3 is 14.6 Å². The van der Waals surface area contributed by atoms with Gasteiger partial charge in [0.1, 0.15) is 5.75 Å². The number of carbonyl (C=O) groups is 1. The van der Waals surface area contributed by atoms with E-state index in [-0.39, 0.29) is 11.7 Å². The van der Waals surface area contributed by atoms with Crippen LogP contribution in [0.1, 0.15) is 5.56 Å². The molecule has 1 aromatic heterocycles. The summed E-state index contributed by atoms with van der Waals surface area (Å²) < 4.78 is 7.91. The summed E-state index contributed by atoms with van der Waals surface area (Å²) in [4.78, 5) is 12.3. The number of nitrogens with one attached hydrogen (secondary N) is 1. The first kappa shape index (κ1) is 19.4. The Hall–Kier alpha value is -2.32. The molecule has 0 aliphatic carbocycles. The highest BCUT2D eigenvalue weighted by atomic mass is 79.9. The maximum Gasteiger partial charge on any atom is 0.234 e. The molecule has 2 aromatic carbocycles. The van der Waals surface area contributed by atoms with Crippen molar-refractivity contribution in [2.24, 2.45) is 7.05 Å². The predicted octanol–water partition coefficient (Wildman–Crippen LogP) is 4.29. The van der Waals surface area contributed by atoms with Crippen molar-refractivity contribution in [2.75, 3.05) is 18.2 Å². The fourth-order valence-electron chi connectivity index (χ4n) is 2.47. The summed E-state index contributed by atoms with van der Waals surface area (Å²) in [5.74, 6) is 1.67. The summed E-state index contributed by atoms with van der Waals surface area (Å²) in [5.41, 5.74) is 2.81. The van der Waals surface area contributed by atoms with E-state index < -0.39 is 0 Å². The lowest BCUT2D eigenvalue weighted by Gasteiger charge is -2.08. The molecule has 0 fully saturated rings. The molecule has 6 nitrogen and oxygen atoms in total. The molecule has 0 atom stereocenters. The number of thioether (sulfide) groups is 1. The van der Waals surface area contributed by atoms with Crippen LogP contribution in [0.4, 0.5) is 5.69 Å². The predicted molar refractivity (Wildman–Crippen MR) is 111 cm³/mol. The molecule has 0 radical (unpaired) electrons. The normalized spacial score (nSPS) is 10.7. The van der Waals surface area contributed by atoms with E-state index in [2.05, 4.69) is 31.4 Å². The molecule has 1 amide bonds. The monoisotopic (exact) mass is 446 g/mol. The van der Waals surface area contributed by atoms with Gasteiger partial charge in [0.15, 0.2) is 11.0 Å². The van der Waals surface area contributed by atoms with E-state index in [1.165, 1.54) is 11.8 Å². The van der Waals surface area contributed by atoms with Crippen molar-refractivity contribution in [3.05, 3.63) is 52.5 Å². The van der Waals surface area contributed by atoms with Crippen molar-refractivity contribution < 1.29 is 9.53 Å². The van der Waals surface area contributed by atoms with E-state index in [1.807, 2.05) is 61.0 Å². The molecular formula is C19H19BrN4O2S. The number of methoxy groups -OCH3 is 1. The van der Waals surface area contributed by atoms with Crippen LogP contribution >= 0.6 is 27.7 Å². The van der Waals surface area contributed by atoms with E-state index in [4.69, 9.17) is 4.74 Å². The minimum atomic E-state index is -0.0986. The van der Waals surface area contributed by atoms with E-state index in [0.717, 1.165) is 32.9 Å². The molecule has 3 rings (SSSR count). The van der Waals surface area contributed by atoms with Crippen molar-refractivity contribution in [3.63, 3.8) is 0 Å². The molecule has 27 heavy (non-hydrogen) atoms. The van der Waals surface area contributed by atoms with E-state index in [0.29, 0.717) is 5.16 Å². The average molecular weight is 447 g/mol. The van der Waals surface area contributed by atoms with Gasteiger partial charge in [-0.15, -0.1) is 10.2 Å². The van der Waals surface area contributed by atoms with Crippen LogP contribution in [0.5, 0.6) is 5.75 Å². The molecule has 8 heteroatoms. The highest BCUT2D eigenvalue weighted by Gasteiger charge is 2.13. The van der Waals surface area contributed by atoms with Crippen LogP contribution in [0.3, 0.4) is 0 Å². The molecule has 0 saturated carbocycles. The van der Waals surface area contributed by atoms with E-state index >= 15 is 0 Å². The molecular weight excluding hydrogens is 428 g/mol. The maximum atomic E-state index is 12.3. The molecule has 1 N–H and O–H groups in total. The molecule has 140 valence electrons. The Balaban J connectivity index is 1.64. The van der Waals surface area contributed by atoms with E-state index in [9.17, 15) is 4.79 Å². The molecule has 0 bridgehead atoms. The Bertz CT molecular complexity index is 957. The van der Waals surface area contributed by atoms with Gasteiger partial charge in [0.2, 0.25) is 5.91 Å². The summed E-state index contributed by atoms with van der Waals surface area (Å²) in [6.45, 7) is 2.00. The second-order valence-electron chi connectivity index (χ2n) is 5.91. The Labute approximate surface area is 170 Å². The van der Waals surface area contributed by atoms with Gasteiger partial charge in [0.25, 0.3) is 0 Å². The number of nitrogens with zero attached hydrogens (tertiary/aromatic N) is 3. The topological polar surface area (TPSA) is 69.0 Å². The van der Waals surface area contributed by atoms with Crippen LogP contribution in [0.25, 0.3) is 11.4 Å². The van der Waals surface area contributed by atoms with Crippen LogP contribution in [-0.2, 0) is 11.8 Å². The number of rotatable bonds is 6. The number of aryl methyl sites for hydroxylation is 1. The van der Waals surface area contributed by atoms with Crippen molar-refractivity contribution in [1.29, 1.82) is 0 Å². The lowest BCUT2D eigenvalue weighted by molar-refractivity contribution is -0.113. The molecule has 3 aromatic rings. The smallest absolute Gasteiger partial charge is 0.234 e. The number of benzene rings is 2. The summed E-state index contributed by atoms with van der Waals surface area (Å²) in [5, 5.41) is 12.0. The zero-order chi connectivity index (χ0) is 19.4. The Morgan fingerprint density at radius 1 is 1.22 bits per heavy atom. The number of halogens is 1. The number of aromatic nitrogens is 3. The molecule has 1 heterocycles. The van der Waals surface area contributed by atoms with Crippen molar-refractivity contribution in [2.45, 2.75) is 12.1 Å². The van der Waals surface area contributed by atoms with Crippen LogP contribution in [0.15, 0.2) is 52.1 Å². The largest absolute Gasteiger partial charge is 0.497 e. The first-order chi connectivity index (χ1) is 13.0. The van der Waals surface area contributed by atoms with Crippen molar-refractivity contribution in [3.8, 4) is 17.1 Å². The number of anilines is 1. The number of amides is 1. The number of hydrogen-bond acceptors (Lipinski definition) is 5. The van der Waals surface area contributed by atoms with Crippen LogP contribution in [0.2, 0.25) is 0 Å². The van der Waals surface area contributed by atoms with Gasteiger partial charge in [-0.3, -0.25) is 4.79 Å². The van der Waals surface area contributed by atoms with Gasteiger partial charge >= 0.3 is 0 Å². The highest BCUT2D eigenvalue weighted by molar-refractivity contribution is 9.10. The second kappa shape index (κ2) is 8.58. The minimum Gasteiger partial charge on any atom is -0.497 e. The number of hydrogen-bond donors (Lipinski definition) is 1. The van der Waals surface area contributed by atoms with Crippen LogP contribution < -0.4 is 10.1 Å². The van der Waals surface area contributed by atoms with Gasteiger partial charge in [-0.1, -0.05) is 17.8 Å². The summed E-state index contributed by atoms with van der Waals surface area (Å²) in [6, 6.07) is 13.4. The van der Waals surface area contributed by atoms with Gasteiger partial charge in [-0.05, 0) is 64.8 Å². The lowest BCUT2D eigenvalue weighted by Crippen LogP contribution is -2.14. The fourth-order valence-corrected chi connectivity index (χ4v) is 3.77. The molecule has 0 aliphatic rings. The minimum absolute atomic E-state index is 0.0986. The summed E-state index contributed by atoms with van der Waals surface area (Å²) in [6.07, 6.45) is 0.